The molecule has 7 nitrogen and oxygen atoms in total. The molecule has 2 aromatic carbocycles. The zero-order valence-corrected chi connectivity index (χ0v) is 14.4. The Morgan fingerprint density at radius 3 is 2.41 bits per heavy atom. The van der Waals surface area contributed by atoms with E-state index in [1.165, 1.54) is 42.5 Å². The number of halogens is 1. The van der Waals surface area contributed by atoms with Crippen molar-refractivity contribution in [2.75, 3.05) is 11.9 Å². The molecular formula is C19H16FN3O4. The number of nitrogens with one attached hydrogen (secondary N) is 1. The molecule has 138 valence electrons. The highest BCUT2D eigenvalue weighted by Gasteiger charge is 2.38. The zero-order valence-electron chi connectivity index (χ0n) is 14.4. The molecule has 1 aliphatic rings. The Hall–Kier alpha value is -3.55. The van der Waals surface area contributed by atoms with Crippen LogP contribution in [0.1, 0.15) is 18.9 Å². The number of imide groups is 1. The second-order valence-electron chi connectivity index (χ2n) is 5.95. The Morgan fingerprint density at radius 2 is 1.81 bits per heavy atom. The third-order valence-electron chi connectivity index (χ3n) is 4.08. The largest absolute Gasteiger partial charge is 0.350 e. The highest BCUT2D eigenvalue weighted by atomic mass is 19.1. The van der Waals surface area contributed by atoms with Crippen LogP contribution in [0.5, 0.6) is 0 Å². The molecule has 0 aliphatic carbocycles. The van der Waals surface area contributed by atoms with Crippen molar-refractivity contribution in [3.8, 4) is 0 Å². The Balaban J connectivity index is 2.06. The van der Waals surface area contributed by atoms with E-state index in [2.05, 4.69) is 5.32 Å². The highest BCUT2D eigenvalue weighted by Crippen LogP contribution is 2.31. The van der Waals surface area contributed by atoms with Crippen LogP contribution in [0.15, 0.2) is 54.2 Å². The van der Waals surface area contributed by atoms with Gasteiger partial charge in [-0.2, -0.15) is 0 Å². The summed E-state index contributed by atoms with van der Waals surface area (Å²) < 4.78 is 13.5. The third kappa shape index (κ3) is 3.55. The number of carbonyl (C=O) groups excluding carboxylic acids is 2. The number of benzene rings is 2. The quantitative estimate of drug-likeness (QED) is 0.479. The summed E-state index contributed by atoms with van der Waals surface area (Å²) in [6.07, 6.45) is 0.582. The van der Waals surface area contributed by atoms with Gasteiger partial charge in [0.1, 0.15) is 11.5 Å². The predicted molar refractivity (Wildman–Crippen MR) is 97.1 cm³/mol. The van der Waals surface area contributed by atoms with Crippen molar-refractivity contribution in [1.82, 2.24) is 4.90 Å². The van der Waals surface area contributed by atoms with E-state index in [4.69, 9.17) is 0 Å². The molecule has 8 heteroatoms. The second-order valence-corrected chi connectivity index (χ2v) is 5.95. The summed E-state index contributed by atoms with van der Waals surface area (Å²) in [4.78, 5) is 36.9. The van der Waals surface area contributed by atoms with E-state index in [0.717, 1.165) is 4.90 Å². The van der Waals surface area contributed by atoms with Gasteiger partial charge in [-0.25, -0.2) is 4.39 Å². The Kier molecular flexibility index (Phi) is 4.98. The van der Waals surface area contributed by atoms with E-state index in [1.54, 1.807) is 6.07 Å². The van der Waals surface area contributed by atoms with Crippen LogP contribution in [0.3, 0.4) is 0 Å². The van der Waals surface area contributed by atoms with Gasteiger partial charge < -0.3 is 5.32 Å². The number of hydrogen-bond donors (Lipinski definition) is 1. The number of non-ortho nitro benzene ring substituents is 1. The molecule has 1 aliphatic heterocycles. The van der Waals surface area contributed by atoms with Crippen LogP contribution in [0.25, 0.3) is 5.57 Å². The van der Waals surface area contributed by atoms with Crippen molar-refractivity contribution in [2.45, 2.75) is 13.3 Å². The van der Waals surface area contributed by atoms with Gasteiger partial charge in [0.05, 0.1) is 10.5 Å². The summed E-state index contributed by atoms with van der Waals surface area (Å²) in [5, 5.41) is 13.7. The van der Waals surface area contributed by atoms with E-state index < -0.39 is 22.6 Å². The zero-order chi connectivity index (χ0) is 19.6. The van der Waals surface area contributed by atoms with Gasteiger partial charge in [0.15, 0.2) is 0 Å². The van der Waals surface area contributed by atoms with Gasteiger partial charge in [-0.1, -0.05) is 13.0 Å². The first-order valence-corrected chi connectivity index (χ1v) is 8.30. The molecule has 27 heavy (non-hydrogen) atoms. The number of carbonyl (C=O) groups is 2. The number of hydrogen-bond acceptors (Lipinski definition) is 5. The van der Waals surface area contributed by atoms with Gasteiger partial charge in [-0.3, -0.25) is 24.6 Å². The number of rotatable bonds is 6. The predicted octanol–water partition coefficient (Wildman–Crippen LogP) is 3.34. The molecular weight excluding hydrogens is 353 g/mol. The van der Waals surface area contributed by atoms with Gasteiger partial charge in [-0.05, 0) is 42.3 Å². The maximum Gasteiger partial charge on any atom is 0.278 e. The molecule has 0 fully saturated rings. The van der Waals surface area contributed by atoms with E-state index >= 15 is 0 Å². The molecule has 0 saturated heterocycles. The molecule has 1 heterocycles. The maximum absolute atomic E-state index is 13.5. The summed E-state index contributed by atoms with van der Waals surface area (Å²) in [7, 11) is 0. The SMILES string of the molecule is CCCN1C(=O)C(Nc2cccc(F)c2)=C(c2ccc([N+](=O)[O-])cc2)C1=O. The van der Waals surface area contributed by atoms with Crippen LogP contribution in [-0.2, 0) is 9.59 Å². The molecule has 3 rings (SSSR count). The molecule has 0 unspecified atom stereocenters. The maximum atomic E-state index is 13.5. The normalized spacial score (nSPS) is 14.1. The molecule has 1 N–H and O–H groups in total. The number of nitro benzene ring substituents is 1. The van der Waals surface area contributed by atoms with E-state index in [-0.39, 0.29) is 23.5 Å². The van der Waals surface area contributed by atoms with Crippen molar-refractivity contribution in [3.05, 3.63) is 75.7 Å². The minimum Gasteiger partial charge on any atom is -0.350 e. The summed E-state index contributed by atoms with van der Waals surface area (Å²) in [6.45, 7) is 2.08. The third-order valence-corrected chi connectivity index (χ3v) is 4.08. The van der Waals surface area contributed by atoms with Gasteiger partial charge >= 0.3 is 0 Å². The molecule has 0 spiro atoms. The first-order valence-electron chi connectivity index (χ1n) is 8.30. The minimum atomic E-state index is -0.547. The fourth-order valence-electron chi connectivity index (χ4n) is 2.85. The van der Waals surface area contributed by atoms with Crippen molar-refractivity contribution < 1.29 is 18.9 Å². The van der Waals surface area contributed by atoms with Crippen LogP contribution >= 0.6 is 0 Å². The van der Waals surface area contributed by atoms with Crippen LogP contribution in [0.2, 0.25) is 0 Å². The van der Waals surface area contributed by atoms with Crippen LogP contribution in [0.4, 0.5) is 15.8 Å². The second kappa shape index (κ2) is 7.36. The monoisotopic (exact) mass is 369 g/mol. The van der Waals surface area contributed by atoms with Crippen LogP contribution in [-0.4, -0.2) is 28.2 Å². The van der Waals surface area contributed by atoms with E-state index in [9.17, 15) is 24.1 Å². The fourth-order valence-corrected chi connectivity index (χ4v) is 2.85. The van der Waals surface area contributed by atoms with Gasteiger partial charge in [0.2, 0.25) is 0 Å². The van der Waals surface area contributed by atoms with Gasteiger partial charge in [-0.15, -0.1) is 0 Å². The Bertz CT molecular complexity index is 954. The summed E-state index contributed by atoms with van der Waals surface area (Å²) in [6, 6.07) is 10.9. The number of nitrogens with zero attached hydrogens (tertiary/aromatic N) is 2. The average Bonchev–Trinajstić information content (AvgIpc) is 2.86. The molecule has 2 amide bonds. The van der Waals surface area contributed by atoms with Gasteiger partial charge in [0.25, 0.3) is 17.5 Å². The Labute approximate surface area is 154 Å². The number of amides is 2. The van der Waals surface area contributed by atoms with E-state index in [0.29, 0.717) is 17.7 Å². The van der Waals surface area contributed by atoms with Crippen LogP contribution < -0.4 is 5.32 Å². The summed E-state index contributed by atoms with van der Waals surface area (Å²) >= 11 is 0. The fraction of sp³-hybridized carbons (Fsp3) is 0.158. The van der Waals surface area contributed by atoms with Gasteiger partial charge in [0, 0.05) is 24.4 Å². The molecule has 0 aromatic heterocycles. The molecule has 2 aromatic rings. The Morgan fingerprint density at radius 1 is 1.11 bits per heavy atom. The smallest absolute Gasteiger partial charge is 0.278 e. The number of nitro groups is 1. The van der Waals surface area contributed by atoms with Crippen molar-refractivity contribution >= 4 is 28.8 Å². The molecule has 0 atom stereocenters. The first kappa shape index (κ1) is 18.2. The topological polar surface area (TPSA) is 92.6 Å². The van der Waals surface area contributed by atoms with E-state index in [1.807, 2.05) is 6.92 Å². The standard InChI is InChI=1S/C19H16FN3O4/c1-2-10-22-18(24)16(12-6-8-15(9-7-12)23(26)27)17(19(22)25)21-14-5-3-4-13(20)11-14/h3-9,11,21H,2,10H2,1H3. The summed E-state index contributed by atoms with van der Waals surface area (Å²) in [5.74, 6) is -1.49. The average molecular weight is 369 g/mol. The lowest BCUT2D eigenvalue weighted by atomic mass is 10.0. The first-order chi connectivity index (χ1) is 12.9. The lowest BCUT2D eigenvalue weighted by Crippen LogP contribution is -2.33. The lowest BCUT2D eigenvalue weighted by Gasteiger charge is -2.13. The summed E-state index contributed by atoms with van der Waals surface area (Å²) in [5.41, 5.74) is 0.696. The lowest BCUT2D eigenvalue weighted by molar-refractivity contribution is -0.384. The van der Waals surface area contributed by atoms with Crippen molar-refractivity contribution in [2.24, 2.45) is 0 Å². The van der Waals surface area contributed by atoms with Crippen LogP contribution in [0, 0.1) is 15.9 Å². The molecule has 0 bridgehead atoms. The molecule has 0 radical (unpaired) electrons. The number of anilines is 1. The molecule has 0 saturated carbocycles. The van der Waals surface area contributed by atoms with Crippen molar-refractivity contribution in [3.63, 3.8) is 0 Å². The van der Waals surface area contributed by atoms with Crippen molar-refractivity contribution in [1.29, 1.82) is 0 Å². The highest BCUT2D eigenvalue weighted by molar-refractivity contribution is 6.36. The minimum absolute atomic E-state index is 0.0212.